The van der Waals surface area contributed by atoms with E-state index in [0.29, 0.717) is 16.3 Å². The van der Waals surface area contributed by atoms with Gasteiger partial charge in [-0.05, 0) is 37.3 Å². The molecule has 0 atom stereocenters. The molecule has 8 nitrogen and oxygen atoms in total. The Morgan fingerprint density at radius 1 is 1.22 bits per heavy atom. The summed E-state index contributed by atoms with van der Waals surface area (Å²) in [5.74, 6) is 0.0000353. The van der Waals surface area contributed by atoms with E-state index in [1.165, 1.54) is 42.1 Å². The van der Waals surface area contributed by atoms with Crippen molar-refractivity contribution in [1.82, 2.24) is 15.0 Å². The van der Waals surface area contributed by atoms with Crippen molar-refractivity contribution in [2.75, 3.05) is 10.0 Å². The molecule has 10 heteroatoms. The van der Waals surface area contributed by atoms with Crippen molar-refractivity contribution in [3.8, 4) is 6.07 Å². The van der Waals surface area contributed by atoms with Gasteiger partial charge in [0.1, 0.15) is 16.6 Å². The van der Waals surface area contributed by atoms with E-state index in [4.69, 9.17) is 0 Å². The molecule has 3 rings (SSSR count). The van der Waals surface area contributed by atoms with E-state index in [9.17, 15) is 13.7 Å². The van der Waals surface area contributed by atoms with Gasteiger partial charge in [0, 0.05) is 35.4 Å². The monoisotopic (exact) mass is 398 g/mol. The molecule has 2 aromatic heterocycles. The zero-order valence-electron chi connectivity index (χ0n) is 14.1. The Morgan fingerprint density at radius 2 is 1.93 bits per heavy atom. The number of rotatable bonds is 6. The highest BCUT2D eigenvalue weighted by Gasteiger charge is 2.15. The zero-order chi connectivity index (χ0) is 19.3. The highest BCUT2D eigenvalue weighted by atomic mass is 32.2. The lowest BCUT2D eigenvalue weighted by Crippen LogP contribution is -2.14. The predicted octanol–water partition coefficient (Wildman–Crippen LogP) is 3.02. The summed E-state index contributed by atoms with van der Waals surface area (Å²) in [4.78, 5) is 12.0. The third kappa shape index (κ3) is 4.66. The topological polar surface area (TPSA) is 121 Å². The van der Waals surface area contributed by atoms with Gasteiger partial charge in [0.2, 0.25) is 5.95 Å². The van der Waals surface area contributed by atoms with Crippen LogP contribution in [0.2, 0.25) is 0 Å². The molecular formula is C17H14N6O2S2. The van der Waals surface area contributed by atoms with Crippen LogP contribution in [0.1, 0.15) is 10.7 Å². The molecule has 0 aliphatic rings. The molecule has 136 valence electrons. The Kier molecular flexibility index (Phi) is 5.44. The molecule has 0 aliphatic heterocycles. The number of hydrogen-bond donors (Lipinski definition) is 2. The molecule has 27 heavy (non-hydrogen) atoms. The maximum Gasteiger partial charge on any atom is 0.264 e. The number of thiazole rings is 1. The summed E-state index contributed by atoms with van der Waals surface area (Å²) in [6, 6.07) is 9.77. The number of allylic oxidation sites excluding steroid dienone is 1. The summed E-state index contributed by atoms with van der Waals surface area (Å²) < 4.78 is 27.0. The molecule has 3 aromatic rings. The fourth-order valence-electron chi connectivity index (χ4n) is 2.04. The van der Waals surface area contributed by atoms with Gasteiger partial charge < -0.3 is 5.32 Å². The van der Waals surface area contributed by atoms with Crippen molar-refractivity contribution < 1.29 is 8.42 Å². The van der Waals surface area contributed by atoms with Crippen LogP contribution in [0.15, 0.2) is 59.2 Å². The van der Waals surface area contributed by atoms with Gasteiger partial charge in [-0.1, -0.05) is 0 Å². The lowest BCUT2D eigenvalue weighted by Gasteiger charge is -2.07. The molecule has 2 heterocycles. The van der Waals surface area contributed by atoms with E-state index in [1.54, 1.807) is 18.2 Å². The molecule has 2 N–H and O–H groups in total. The number of nitrogens with one attached hydrogen (secondary N) is 2. The van der Waals surface area contributed by atoms with Gasteiger partial charge in [-0.15, -0.1) is 11.3 Å². The van der Waals surface area contributed by atoms with Crippen molar-refractivity contribution in [2.45, 2.75) is 11.8 Å². The quantitative estimate of drug-likeness (QED) is 0.612. The zero-order valence-corrected chi connectivity index (χ0v) is 15.8. The van der Waals surface area contributed by atoms with Crippen LogP contribution >= 0.6 is 11.3 Å². The summed E-state index contributed by atoms with van der Waals surface area (Å²) in [6.45, 7) is 1.86. The SMILES string of the molecule is Cc1csc(/C(C#N)=C/Nc2ccc(S(=O)(=O)Nc3ncccn3)cc2)n1. The van der Waals surface area contributed by atoms with Gasteiger partial charge in [0.05, 0.1) is 4.90 Å². The summed E-state index contributed by atoms with van der Waals surface area (Å²) in [7, 11) is -3.79. The summed E-state index contributed by atoms with van der Waals surface area (Å²) in [6.07, 6.45) is 4.43. The second-order valence-electron chi connectivity index (χ2n) is 5.31. The number of benzene rings is 1. The fourth-order valence-corrected chi connectivity index (χ4v) is 3.76. The highest BCUT2D eigenvalue weighted by Crippen LogP contribution is 2.20. The molecule has 0 radical (unpaired) electrons. The molecule has 0 spiro atoms. The first-order chi connectivity index (χ1) is 13.0. The summed E-state index contributed by atoms with van der Waals surface area (Å²) >= 11 is 1.38. The second kappa shape index (κ2) is 7.94. The first kappa shape index (κ1) is 18.5. The average Bonchev–Trinajstić information content (AvgIpc) is 3.09. The van der Waals surface area contributed by atoms with Gasteiger partial charge in [0.25, 0.3) is 10.0 Å². The van der Waals surface area contributed by atoms with Crippen LogP contribution in [0.3, 0.4) is 0 Å². The maximum atomic E-state index is 12.3. The van der Waals surface area contributed by atoms with Crippen molar-refractivity contribution in [2.24, 2.45) is 0 Å². The maximum absolute atomic E-state index is 12.3. The molecule has 0 bridgehead atoms. The minimum Gasteiger partial charge on any atom is -0.360 e. The summed E-state index contributed by atoms with van der Waals surface area (Å²) in [5.41, 5.74) is 1.87. The van der Waals surface area contributed by atoms with Gasteiger partial charge in [-0.25, -0.2) is 28.1 Å². The fraction of sp³-hybridized carbons (Fsp3) is 0.0588. The van der Waals surface area contributed by atoms with Crippen LogP contribution in [0.5, 0.6) is 0 Å². The third-order valence-corrected chi connectivity index (χ3v) is 5.65. The molecule has 0 unspecified atom stereocenters. The Bertz CT molecular complexity index is 1100. The Hall–Kier alpha value is -3.29. The van der Waals surface area contributed by atoms with E-state index >= 15 is 0 Å². The predicted molar refractivity (Wildman–Crippen MR) is 103 cm³/mol. The molecule has 1 aromatic carbocycles. The number of aryl methyl sites for hydroxylation is 1. The summed E-state index contributed by atoms with van der Waals surface area (Å²) in [5, 5.41) is 14.7. The van der Waals surface area contributed by atoms with Gasteiger partial charge in [-0.3, -0.25) is 0 Å². The first-order valence-electron chi connectivity index (χ1n) is 7.67. The number of nitriles is 1. The van der Waals surface area contributed by atoms with E-state index in [-0.39, 0.29) is 10.8 Å². The average molecular weight is 398 g/mol. The van der Waals surface area contributed by atoms with Crippen molar-refractivity contribution in [3.63, 3.8) is 0 Å². The lowest BCUT2D eigenvalue weighted by atomic mass is 10.3. The van der Waals surface area contributed by atoms with E-state index in [2.05, 4.69) is 31.1 Å². The molecular weight excluding hydrogens is 384 g/mol. The van der Waals surface area contributed by atoms with Crippen LogP contribution in [-0.4, -0.2) is 23.4 Å². The Balaban J connectivity index is 1.73. The van der Waals surface area contributed by atoms with Crippen LogP contribution in [-0.2, 0) is 10.0 Å². The molecule has 0 saturated heterocycles. The lowest BCUT2D eigenvalue weighted by molar-refractivity contribution is 0.601. The number of anilines is 2. The van der Waals surface area contributed by atoms with Crippen LogP contribution in [0.4, 0.5) is 11.6 Å². The Labute approximate surface area is 160 Å². The number of hydrogen-bond acceptors (Lipinski definition) is 8. The second-order valence-corrected chi connectivity index (χ2v) is 7.85. The van der Waals surface area contributed by atoms with E-state index in [0.717, 1.165) is 5.69 Å². The molecule has 0 saturated carbocycles. The minimum atomic E-state index is -3.79. The van der Waals surface area contributed by atoms with Crippen molar-refractivity contribution in [3.05, 3.63) is 65.0 Å². The number of aromatic nitrogens is 3. The van der Waals surface area contributed by atoms with Crippen LogP contribution in [0.25, 0.3) is 5.57 Å². The normalized spacial score (nSPS) is 11.6. The van der Waals surface area contributed by atoms with E-state index < -0.39 is 10.0 Å². The Morgan fingerprint density at radius 3 is 2.52 bits per heavy atom. The van der Waals surface area contributed by atoms with Gasteiger partial charge in [-0.2, -0.15) is 5.26 Å². The van der Waals surface area contributed by atoms with Crippen LogP contribution < -0.4 is 10.0 Å². The molecule has 0 amide bonds. The smallest absolute Gasteiger partial charge is 0.264 e. The molecule has 0 aliphatic carbocycles. The largest absolute Gasteiger partial charge is 0.360 e. The minimum absolute atomic E-state index is 0.0000353. The highest BCUT2D eigenvalue weighted by molar-refractivity contribution is 7.92. The van der Waals surface area contributed by atoms with Crippen molar-refractivity contribution >= 4 is 38.6 Å². The van der Waals surface area contributed by atoms with Gasteiger partial charge >= 0.3 is 0 Å². The molecule has 0 fully saturated rings. The number of sulfonamides is 1. The van der Waals surface area contributed by atoms with Gasteiger partial charge in [0.15, 0.2) is 0 Å². The van der Waals surface area contributed by atoms with E-state index in [1.807, 2.05) is 12.3 Å². The van der Waals surface area contributed by atoms with Crippen LogP contribution in [0, 0.1) is 18.3 Å². The van der Waals surface area contributed by atoms with Crippen molar-refractivity contribution in [1.29, 1.82) is 5.26 Å². The first-order valence-corrected chi connectivity index (χ1v) is 10.0. The third-order valence-electron chi connectivity index (χ3n) is 3.31. The number of nitrogens with zero attached hydrogens (tertiary/aromatic N) is 4. The standard InChI is InChI=1S/C17H14N6O2S2/c1-12-11-26-16(22-12)13(9-18)10-21-14-3-5-15(6-4-14)27(24,25)23-17-19-7-2-8-20-17/h2-8,10-11,21H,1H3,(H,19,20,23)/b13-10+.